The standard InChI is InChI=1S/C19H17N3O6S/c1-12-10-18(21-28-12)22-29(24,25)14-8-6-13(7-9-14)20-19(23)17-11-26-15-4-2-3-5-16(15)27-17/h2-10,17H,11H2,1H3,(H,20,23)(H,21,22)/t17-/m0/s1. The van der Waals surface area contributed by atoms with Crippen molar-refractivity contribution in [1.82, 2.24) is 5.16 Å². The highest BCUT2D eigenvalue weighted by Gasteiger charge is 2.27. The van der Waals surface area contributed by atoms with Crippen molar-refractivity contribution in [3.63, 3.8) is 0 Å². The molecule has 1 amide bonds. The number of aromatic nitrogens is 1. The molecule has 1 aliphatic heterocycles. The summed E-state index contributed by atoms with van der Waals surface area (Å²) in [7, 11) is -3.83. The second kappa shape index (κ2) is 7.47. The van der Waals surface area contributed by atoms with Gasteiger partial charge in [-0.25, -0.2) is 8.42 Å². The van der Waals surface area contributed by atoms with Crippen LogP contribution in [0.1, 0.15) is 5.76 Å². The number of aryl methyl sites for hydroxylation is 1. The van der Waals surface area contributed by atoms with Crippen LogP contribution in [-0.2, 0) is 14.8 Å². The van der Waals surface area contributed by atoms with Gasteiger partial charge in [0.15, 0.2) is 17.3 Å². The normalized spacial score (nSPS) is 15.6. The third-order valence-corrected chi connectivity index (χ3v) is 5.47. The maximum atomic E-state index is 12.4. The fraction of sp³-hybridized carbons (Fsp3) is 0.158. The van der Waals surface area contributed by atoms with Crippen LogP contribution in [0.15, 0.2) is 64.0 Å². The number of hydrogen-bond acceptors (Lipinski definition) is 7. The zero-order valence-corrected chi connectivity index (χ0v) is 16.1. The Morgan fingerprint density at radius 1 is 1.10 bits per heavy atom. The van der Waals surface area contributed by atoms with Crippen molar-refractivity contribution in [2.75, 3.05) is 16.6 Å². The van der Waals surface area contributed by atoms with Crippen molar-refractivity contribution < 1.29 is 27.2 Å². The van der Waals surface area contributed by atoms with E-state index in [0.717, 1.165) is 0 Å². The minimum absolute atomic E-state index is 0.0160. The molecule has 0 fully saturated rings. The van der Waals surface area contributed by atoms with Crippen molar-refractivity contribution in [2.45, 2.75) is 17.9 Å². The van der Waals surface area contributed by atoms with Crippen molar-refractivity contribution in [2.24, 2.45) is 0 Å². The lowest BCUT2D eigenvalue weighted by Gasteiger charge is -2.25. The van der Waals surface area contributed by atoms with Gasteiger partial charge in [0.05, 0.1) is 4.90 Å². The molecule has 0 spiro atoms. The molecule has 0 aliphatic carbocycles. The first-order chi connectivity index (χ1) is 13.9. The lowest BCUT2D eigenvalue weighted by molar-refractivity contribution is -0.125. The van der Waals surface area contributed by atoms with Crippen molar-refractivity contribution in [3.05, 3.63) is 60.4 Å². The number of carbonyl (C=O) groups is 1. The lowest BCUT2D eigenvalue weighted by Crippen LogP contribution is -2.40. The van der Waals surface area contributed by atoms with E-state index in [9.17, 15) is 13.2 Å². The average molecular weight is 415 g/mol. The first-order valence-corrected chi connectivity index (χ1v) is 10.1. The Morgan fingerprint density at radius 3 is 2.52 bits per heavy atom. The molecule has 10 heteroatoms. The number of nitrogens with one attached hydrogen (secondary N) is 2. The molecule has 9 nitrogen and oxygen atoms in total. The molecular formula is C19H17N3O6S. The van der Waals surface area contributed by atoms with E-state index >= 15 is 0 Å². The molecular weight excluding hydrogens is 398 g/mol. The number of nitrogens with zero attached hydrogens (tertiary/aromatic N) is 1. The summed E-state index contributed by atoms with van der Waals surface area (Å²) in [4.78, 5) is 12.5. The van der Waals surface area contributed by atoms with Gasteiger partial charge in [-0.1, -0.05) is 17.3 Å². The summed E-state index contributed by atoms with van der Waals surface area (Å²) in [5.41, 5.74) is 0.425. The van der Waals surface area contributed by atoms with E-state index in [1.54, 1.807) is 25.1 Å². The van der Waals surface area contributed by atoms with Gasteiger partial charge in [-0.3, -0.25) is 9.52 Å². The Labute approximate surface area is 166 Å². The summed E-state index contributed by atoms with van der Waals surface area (Å²) in [6.07, 6.45) is -0.814. The number of carbonyl (C=O) groups excluding carboxylic acids is 1. The van der Waals surface area contributed by atoms with E-state index in [4.69, 9.17) is 14.0 Å². The number of benzene rings is 2. The van der Waals surface area contributed by atoms with Gasteiger partial charge < -0.3 is 19.3 Å². The zero-order valence-electron chi connectivity index (χ0n) is 15.3. The number of para-hydroxylation sites is 2. The Bertz CT molecular complexity index is 1140. The summed E-state index contributed by atoms with van der Waals surface area (Å²) in [5, 5.41) is 6.29. The summed E-state index contributed by atoms with van der Waals surface area (Å²) in [6.45, 7) is 1.73. The lowest BCUT2D eigenvalue weighted by atomic mass is 10.2. The Balaban J connectivity index is 1.41. The number of anilines is 2. The Morgan fingerprint density at radius 2 is 1.83 bits per heavy atom. The highest BCUT2D eigenvalue weighted by atomic mass is 32.2. The van der Waals surface area contributed by atoms with E-state index in [1.165, 1.54) is 30.3 Å². The van der Waals surface area contributed by atoms with Crippen LogP contribution < -0.4 is 19.5 Å². The van der Waals surface area contributed by atoms with Gasteiger partial charge >= 0.3 is 0 Å². The number of sulfonamides is 1. The van der Waals surface area contributed by atoms with Crippen LogP contribution in [0.25, 0.3) is 0 Å². The number of hydrogen-bond donors (Lipinski definition) is 2. The third-order valence-electron chi connectivity index (χ3n) is 4.10. The molecule has 29 heavy (non-hydrogen) atoms. The van der Waals surface area contributed by atoms with E-state index in [2.05, 4.69) is 15.2 Å². The van der Waals surface area contributed by atoms with Gasteiger partial charge in [-0.05, 0) is 43.3 Å². The summed E-state index contributed by atoms with van der Waals surface area (Å²) < 4.78 is 43.1. The monoisotopic (exact) mass is 415 g/mol. The molecule has 0 saturated carbocycles. The molecule has 1 atom stereocenters. The maximum Gasteiger partial charge on any atom is 0.269 e. The van der Waals surface area contributed by atoms with Gasteiger partial charge in [0.25, 0.3) is 15.9 Å². The van der Waals surface area contributed by atoms with Crippen molar-refractivity contribution >= 4 is 27.4 Å². The summed E-state index contributed by atoms with van der Waals surface area (Å²) >= 11 is 0. The number of ether oxygens (including phenoxy) is 2. The van der Waals surface area contributed by atoms with E-state index in [0.29, 0.717) is 22.9 Å². The minimum Gasteiger partial charge on any atom is -0.485 e. The molecule has 0 radical (unpaired) electrons. The largest absolute Gasteiger partial charge is 0.485 e. The highest BCUT2D eigenvalue weighted by Crippen LogP contribution is 2.31. The quantitative estimate of drug-likeness (QED) is 0.657. The predicted molar refractivity (Wildman–Crippen MR) is 103 cm³/mol. The molecule has 2 heterocycles. The second-order valence-corrected chi connectivity index (χ2v) is 7.99. The molecule has 150 valence electrons. The first-order valence-electron chi connectivity index (χ1n) is 8.66. The van der Waals surface area contributed by atoms with Gasteiger partial charge in [-0.2, -0.15) is 0 Å². The summed E-state index contributed by atoms with van der Waals surface area (Å²) in [6, 6.07) is 14.3. The van der Waals surface area contributed by atoms with Crippen LogP contribution in [0.5, 0.6) is 11.5 Å². The topological polar surface area (TPSA) is 120 Å². The first kappa shape index (κ1) is 18.8. The molecule has 1 aromatic heterocycles. The maximum absolute atomic E-state index is 12.4. The van der Waals surface area contributed by atoms with Gasteiger partial charge in [0, 0.05) is 11.8 Å². The van der Waals surface area contributed by atoms with Crippen LogP contribution in [0, 0.1) is 6.92 Å². The number of fused-ring (bicyclic) bond motifs is 1. The van der Waals surface area contributed by atoms with Crippen LogP contribution in [-0.4, -0.2) is 32.2 Å². The molecule has 0 saturated heterocycles. The molecule has 0 unspecified atom stereocenters. The molecule has 4 rings (SSSR count). The SMILES string of the molecule is Cc1cc(NS(=O)(=O)c2ccc(NC(=O)[C@@H]3COc4ccccc4O3)cc2)no1. The van der Waals surface area contributed by atoms with E-state index in [-0.39, 0.29) is 17.3 Å². The van der Waals surface area contributed by atoms with Gasteiger partial charge in [-0.15, -0.1) is 0 Å². The second-order valence-electron chi connectivity index (χ2n) is 6.31. The molecule has 2 N–H and O–H groups in total. The van der Waals surface area contributed by atoms with E-state index < -0.39 is 22.0 Å². The van der Waals surface area contributed by atoms with Gasteiger partial charge in [0.2, 0.25) is 6.10 Å². The van der Waals surface area contributed by atoms with Crippen LogP contribution >= 0.6 is 0 Å². The van der Waals surface area contributed by atoms with Crippen LogP contribution in [0.4, 0.5) is 11.5 Å². The fourth-order valence-electron chi connectivity index (χ4n) is 2.70. The van der Waals surface area contributed by atoms with Crippen molar-refractivity contribution in [1.29, 1.82) is 0 Å². The zero-order chi connectivity index (χ0) is 20.4. The van der Waals surface area contributed by atoms with Crippen LogP contribution in [0.2, 0.25) is 0 Å². The smallest absolute Gasteiger partial charge is 0.269 e. The Hall–Kier alpha value is -3.53. The number of rotatable bonds is 5. The van der Waals surface area contributed by atoms with Crippen molar-refractivity contribution in [3.8, 4) is 11.5 Å². The molecule has 3 aromatic rings. The summed E-state index contributed by atoms with van der Waals surface area (Å²) in [5.74, 6) is 1.26. The third kappa shape index (κ3) is 4.16. The Kier molecular flexibility index (Phi) is 4.85. The number of amides is 1. The fourth-order valence-corrected chi connectivity index (χ4v) is 3.68. The highest BCUT2D eigenvalue weighted by molar-refractivity contribution is 7.92. The average Bonchev–Trinajstić information content (AvgIpc) is 3.12. The molecule has 1 aliphatic rings. The van der Waals surface area contributed by atoms with Crippen LogP contribution in [0.3, 0.4) is 0 Å². The predicted octanol–water partition coefficient (Wildman–Crippen LogP) is 2.56. The van der Waals surface area contributed by atoms with Gasteiger partial charge in [0.1, 0.15) is 12.4 Å². The molecule has 0 bridgehead atoms. The van der Waals surface area contributed by atoms with E-state index in [1.807, 2.05) is 6.07 Å². The minimum atomic E-state index is -3.83. The molecule has 2 aromatic carbocycles.